The predicted molar refractivity (Wildman–Crippen MR) is 206 cm³/mol. The van der Waals surface area contributed by atoms with Crippen molar-refractivity contribution in [2.45, 2.75) is 96.9 Å². The molecule has 2 fully saturated rings. The van der Waals surface area contributed by atoms with Crippen molar-refractivity contribution in [3.8, 4) is 33.6 Å². The van der Waals surface area contributed by atoms with E-state index in [1.54, 1.807) is 0 Å². The molecule has 2 aromatic heterocycles. The fraction of sp³-hybridized carbons (Fsp3) is 0.500. The second-order valence-corrected chi connectivity index (χ2v) is 15.3. The van der Waals surface area contributed by atoms with Crippen molar-refractivity contribution in [2.24, 2.45) is 11.8 Å². The highest BCUT2D eigenvalue weighted by Crippen LogP contribution is 2.36. The number of likely N-dealkylation sites (tertiary alicyclic amines) is 1. The number of H-pyrrole nitrogens is 2. The maximum absolute atomic E-state index is 13.8. The molecule has 3 N–H and O–H groups in total. The lowest BCUT2D eigenvalue weighted by molar-refractivity contribution is -0.137. The van der Waals surface area contributed by atoms with Crippen LogP contribution >= 0.6 is 0 Å². The highest BCUT2D eigenvalue weighted by molar-refractivity contribution is 5.86. The summed E-state index contributed by atoms with van der Waals surface area (Å²) < 4.78 is 11.0. The minimum atomic E-state index is -0.646. The van der Waals surface area contributed by atoms with E-state index >= 15 is 0 Å². The van der Waals surface area contributed by atoms with Gasteiger partial charge in [0.05, 0.1) is 42.9 Å². The number of hydrogen-bond donors (Lipinski definition) is 3. The quantitative estimate of drug-likeness (QED) is 0.178. The van der Waals surface area contributed by atoms with E-state index in [1.807, 2.05) is 22.9 Å². The van der Waals surface area contributed by atoms with E-state index in [4.69, 9.17) is 19.4 Å². The first kappa shape index (κ1) is 37.3. The van der Waals surface area contributed by atoms with E-state index in [9.17, 15) is 14.4 Å². The number of fused-ring (bicyclic) bond motifs is 4. The van der Waals surface area contributed by atoms with Crippen LogP contribution in [0.2, 0.25) is 0 Å². The highest BCUT2D eigenvalue weighted by Gasteiger charge is 2.37. The van der Waals surface area contributed by atoms with E-state index in [2.05, 4.69) is 77.7 Å². The van der Waals surface area contributed by atoms with Crippen molar-refractivity contribution >= 4 is 17.9 Å². The number of aromatic amines is 2. The summed E-state index contributed by atoms with van der Waals surface area (Å²) in [5.41, 5.74) is 6.72. The SMILES string of the molecule is COC(=O)N[C@H]1CCCCCOCc2[nH]c(nc2-c2ccc(-c3ccc(-c4c[nH]c([C@@H]5CCCN5C(=O)[C@@H](C)C(C)C)n4)cc3)cc2)[C@@H]2CCCN2C1=O. The first-order valence-electron chi connectivity index (χ1n) is 19.6. The van der Waals surface area contributed by atoms with Crippen LogP contribution in [0.4, 0.5) is 4.79 Å². The van der Waals surface area contributed by atoms with Gasteiger partial charge in [-0.2, -0.15) is 0 Å². The number of alkyl carbamates (subject to hydrolysis) is 1. The average Bonchev–Trinajstić information content (AvgIpc) is 4.02. The van der Waals surface area contributed by atoms with E-state index in [0.717, 1.165) is 102 Å². The molecule has 0 saturated carbocycles. The number of nitrogens with zero attached hydrogens (tertiary/aromatic N) is 4. The molecule has 0 aliphatic carbocycles. The molecule has 2 bridgehead atoms. The Balaban J connectivity index is 1.07. The molecule has 0 radical (unpaired) electrons. The van der Waals surface area contributed by atoms with Crippen LogP contribution in [-0.2, 0) is 25.7 Å². The number of hydrogen-bond acceptors (Lipinski definition) is 7. The van der Waals surface area contributed by atoms with Crippen molar-refractivity contribution in [3.05, 3.63) is 72.1 Å². The minimum absolute atomic E-state index is 0.0134. The zero-order valence-corrected chi connectivity index (χ0v) is 31.9. The molecule has 5 heterocycles. The van der Waals surface area contributed by atoms with Crippen LogP contribution in [-0.4, -0.2) is 80.5 Å². The molecular formula is C42H53N7O5. The maximum atomic E-state index is 13.8. The van der Waals surface area contributed by atoms with Gasteiger partial charge in [0.15, 0.2) is 0 Å². The number of nitrogens with one attached hydrogen (secondary N) is 3. The number of ether oxygens (including phenoxy) is 2. The molecule has 12 nitrogen and oxygen atoms in total. The van der Waals surface area contributed by atoms with Gasteiger partial charge < -0.3 is 34.6 Å². The molecular weight excluding hydrogens is 683 g/mol. The van der Waals surface area contributed by atoms with Crippen molar-refractivity contribution < 1.29 is 23.9 Å². The summed E-state index contributed by atoms with van der Waals surface area (Å²) in [6.45, 7) is 8.60. The van der Waals surface area contributed by atoms with E-state index < -0.39 is 12.1 Å². The molecule has 3 aliphatic heterocycles. The molecule has 2 aromatic carbocycles. The van der Waals surface area contributed by atoms with Crippen molar-refractivity contribution in [3.63, 3.8) is 0 Å². The lowest BCUT2D eigenvalue weighted by atomic mass is 9.96. The topological polar surface area (TPSA) is 146 Å². The maximum Gasteiger partial charge on any atom is 0.407 e. The van der Waals surface area contributed by atoms with Crippen LogP contribution < -0.4 is 5.32 Å². The minimum Gasteiger partial charge on any atom is -0.453 e. The first-order chi connectivity index (χ1) is 26.2. The number of amides is 3. The van der Waals surface area contributed by atoms with Gasteiger partial charge in [-0.25, -0.2) is 14.8 Å². The summed E-state index contributed by atoms with van der Waals surface area (Å²) in [7, 11) is 1.31. The highest BCUT2D eigenvalue weighted by atomic mass is 16.5. The Morgan fingerprint density at radius 2 is 1.52 bits per heavy atom. The molecule has 54 heavy (non-hydrogen) atoms. The standard InChI is InChI=1S/C42H53N7O5/c1-26(2)27(3)40(50)48-21-8-11-35(48)38-43-24-33(44-38)30-17-13-28(14-18-30)29-15-19-31(20-16-29)37-34-25-54-23-7-5-6-10-32(46-42(52)53-4)41(51)49-22-9-12-36(49)39(45-34)47-37/h13-20,24,26-27,32,35-36H,5-12,21-23,25H2,1-4H3,(H,43,44)(H,45,47)(H,46,52)/t27-,32-,35-,36-/m0/s1. The Bertz CT molecular complexity index is 1920. The number of benzene rings is 2. The smallest absolute Gasteiger partial charge is 0.407 e. The van der Waals surface area contributed by atoms with Crippen LogP contribution in [0.3, 0.4) is 0 Å². The summed E-state index contributed by atoms with van der Waals surface area (Å²) in [4.78, 5) is 59.9. The van der Waals surface area contributed by atoms with Crippen LogP contribution in [0, 0.1) is 11.8 Å². The number of carbonyl (C=O) groups excluding carboxylic acids is 3. The average molecular weight is 736 g/mol. The molecule has 2 saturated heterocycles. The zero-order valence-electron chi connectivity index (χ0n) is 31.9. The molecule has 4 aromatic rings. The second-order valence-electron chi connectivity index (χ2n) is 15.3. The molecule has 0 unspecified atom stereocenters. The lowest BCUT2D eigenvalue weighted by Gasteiger charge is -2.28. The first-order valence-corrected chi connectivity index (χ1v) is 19.6. The monoisotopic (exact) mass is 735 g/mol. The van der Waals surface area contributed by atoms with Gasteiger partial charge >= 0.3 is 6.09 Å². The number of rotatable bonds is 7. The summed E-state index contributed by atoms with van der Waals surface area (Å²) in [6, 6.07) is 15.9. The van der Waals surface area contributed by atoms with E-state index in [0.29, 0.717) is 32.1 Å². The number of carbonyl (C=O) groups is 3. The van der Waals surface area contributed by atoms with Gasteiger partial charge in [-0.15, -0.1) is 0 Å². The fourth-order valence-electron chi connectivity index (χ4n) is 7.98. The van der Waals surface area contributed by atoms with Crippen molar-refractivity contribution in [1.82, 2.24) is 35.1 Å². The Kier molecular flexibility index (Phi) is 11.5. The second kappa shape index (κ2) is 16.6. The van der Waals surface area contributed by atoms with Gasteiger partial charge in [-0.3, -0.25) is 9.59 Å². The Hall–Kier alpha value is -4.97. The van der Waals surface area contributed by atoms with E-state index in [1.165, 1.54) is 7.11 Å². The molecule has 7 rings (SSSR count). The van der Waals surface area contributed by atoms with Gasteiger partial charge in [0, 0.05) is 42.9 Å². The zero-order chi connectivity index (χ0) is 37.8. The predicted octanol–water partition coefficient (Wildman–Crippen LogP) is 7.57. The normalized spacial score (nSPS) is 21.5. The largest absolute Gasteiger partial charge is 0.453 e. The molecule has 4 atom stereocenters. The molecule has 3 aliphatic rings. The third-order valence-corrected chi connectivity index (χ3v) is 11.5. The molecule has 3 amide bonds. The molecule has 0 spiro atoms. The number of imidazole rings is 2. The summed E-state index contributed by atoms with van der Waals surface area (Å²) >= 11 is 0. The van der Waals surface area contributed by atoms with Crippen LogP contribution in [0.1, 0.15) is 102 Å². The Morgan fingerprint density at radius 3 is 2.24 bits per heavy atom. The van der Waals surface area contributed by atoms with Gasteiger partial charge in [-0.05, 0) is 55.6 Å². The number of aromatic nitrogens is 4. The van der Waals surface area contributed by atoms with Crippen molar-refractivity contribution in [2.75, 3.05) is 26.8 Å². The van der Waals surface area contributed by atoms with E-state index in [-0.39, 0.29) is 29.8 Å². The fourth-order valence-corrected chi connectivity index (χ4v) is 7.98. The van der Waals surface area contributed by atoms with Crippen LogP contribution in [0.25, 0.3) is 33.6 Å². The molecule has 286 valence electrons. The van der Waals surface area contributed by atoms with Gasteiger partial charge in [0.1, 0.15) is 17.7 Å². The Morgan fingerprint density at radius 1 is 0.833 bits per heavy atom. The van der Waals surface area contributed by atoms with Gasteiger partial charge in [0.25, 0.3) is 0 Å². The third-order valence-electron chi connectivity index (χ3n) is 11.5. The van der Waals surface area contributed by atoms with Gasteiger partial charge in [0.2, 0.25) is 11.8 Å². The van der Waals surface area contributed by atoms with Crippen LogP contribution in [0.15, 0.2) is 54.7 Å². The number of methoxy groups -OCH3 is 1. The van der Waals surface area contributed by atoms with Crippen LogP contribution in [0.5, 0.6) is 0 Å². The summed E-state index contributed by atoms with van der Waals surface area (Å²) in [5, 5.41) is 2.77. The van der Waals surface area contributed by atoms with Crippen molar-refractivity contribution in [1.29, 1.82) is 0 Å². The lowest BCUT2D eigenvalue weighted by Crippen LogP contribution is -2.48. The summed E-state index contributed by atoms with van der Waals surface area (Å²) in [5.74, 6) is 1.99. The van der Waals surface area contributed by atoms with Gasteiger partial charge in [-0.1, -0.05) is 82.1 Å². The Labute approximate surface area is 317 Å². The molecule has 12 heteroatoms. The third kappa shape index (κ3) is 7.94. The summed E-state index contributed by atoms with van der Waals surface area (Å²) in [6.07, 6.45) is 7.99.